The van der Waals surface area contributed by atoms with E-state index in [0.717, 1.165) is 38.3 Å². The van der Waals surface area contributed by atoms with E-state index >= 15 is 0 Å². The van der Waals surface area contributed by atoms with Gasteiger partial charge in [0.2, 0.25) is 0 Å². The summed E-state index contributed by atoms with van der Waals surface area (Å²) in [6.45, 7) is 8.35. The Morgan fingerprint density at radius 2 is 1.75 bits per heavy atom. The normalized spacial score (nSPS) is 15.1. The summed E-state index contributed by atoms with van der Waals surface area (Å²) >= 11 is 0. The predicted octanol–water partition coefficient (Wildman–Crippen LogP) is 3.18. The number of likely N-dealkylation sites (N-methyl/N-ethyl adjacent to an activating group) is 1. The highest BCUT2D eigenvalue weighted by atomic mass is 32.2. The maximum absolute atomic E-state index is 12.7. The fraction of sp³-hybridized carbons (Fsp3) is 0.304. The third kappa shape index (κ3) is 4.53. The van der Waals surface area contributed by atoms with Crippen molar-refractivity contribution in [3.63, 3.8) is 0 Å². The summed E-state index contributed by atoms with van der Waals surface area (Å²) in [5.41, 5.74) is 1.85. The van der Waals surface area contributed by atoms with Gasteiger partial charge in [0.05, 0.1) is 16.0 Å². The summed E-state index contributed by atoms with van der Waals surface area (Å²) in [5.74, 6) is -0.456. The van der Waals surface area contributed by atoms with Gasteiger partial charge in [0, 0.05) is 37.3 Å². The molecule has 2 heterocycles. The maximum Gasteiger partial charge on any atom is 0.336 e. The lowest BCUT2D eigenvalue weighted by Crippen LogP contribution is -2.46. The quantitative estimate of drug-likeness (QED) is 0.590. The number of hydrogen-bond donors (Lipinski definition) is 2. The van der Waals surface area contributed by atoms with Gasteiger partial charge in [-0.25, -0.2) is 18.2 Å². The number of hydrogen-bond acceptors (Lipinski definition) is 6. The number of pyridine rings is 1. The first kappa shape index (κ1) is 22.0. The minimum absolute atomic E-state index is 0.0966. The van der Waals surface area contributed by atoms with Gasteiger partial charge in [-0.3, -0.25) is 4.72 Å². The number of rotatable bonds is 6. The Hall–Kier alpha value is -3.17. The van der Waals surface area contributed by atoms with Crippen LogP contribution in [0.5, 0.6) is 0 Å². The number of benzene rings is 2. The maximum atomic E-state index is 12.7. The average molecular weight is 455 g/mol. The Balaban J connectivity index is 1.67. The molecule has 1 aromatic heterocycles. The lowest BCUT2D eigenvalue weighted by molar-refractivity contribution is 0.0699. The van der Waals surface area contributed by atoms with Gasteiger partial charge in [0.25, 0.3) is 10.0 Å². The highest BCUT2D eigenvalue weighted by molar-refractivity contribution is 7.92. The van der Waals surface area contributed by atoms with Gasteiger partial charge in [-0.15, -0.1) is 0 Å². The van der Waals surface area contributed by atoms with Crippen LogP contribution >= 0.6 is 0 Å². The van der Waals surface area contributed by atoms with Crippen LogP contribution in [0.2, 0.25) is 0 Å². The molecule has 0 atom stereocenters. The predicted molar refractivity (Wildman–Crippen MR) is 125 cm³/mol. The van der Waals surface area contributed by atoms with E-state index < -0.39 is 16.0 Å². The zero-order valence-corrected chi connectivity index (χ0v) is 18.9. The van der Waals surface area contributed by atoms with E-state index in [4.69, 9.17) is 0 Å². The number of carboxylic acid groups (broad SMARTS) is 1. The molecule has 32 heavy (non-hydrogen) atoms. The van der Waals surface area contributed by atoms with Crippen LogP contribution in [-0.4, -0.2) is 62.1 Å². The summed E-state index contributed by atoms with van der Waals surface area (Å²) in [6, 6.07) is 12.9. The Labute approximate surface area is 187 Å². The molecule has 168 valence electrons. The zero-order chi connectivity index (χ0) is 22.9. The molecule has 8 nitrogen and oxygen atoms in total. The minimum Gasteiger partial charge on any atom is -0.478 e. The number of carbonyl (C=O) groups is 1. The zero-order valence-electron chi connectivity index (χ0n) is 18.1. The van der Waals surface area contributed by atoms with E-state index in [1.165, 1.54) is 18.2 Å². The van der Waals surface area contributed by atoms with Crippen molar-refractivity contribution in [3.8, 4) is 0 Å². The van der Waals surface area contributed by atoms with Crippen molar-refractivity contribution in [2.75, 3.05) is 42.3 Å². The molecule has 0 aliphatic carbocycles. The third-order valence-electron chi connectivity index (χ3n) is 5.75. The molecular weight excluding hydrogens is 428 g/mol. The van der Waals surface area contributed by atoms with Gasteiger partial charge in [-0.2, -0.15) is 0 Å². The molecule has 1 aliphatic heterocycles. The number of aryl methyl sites for hydroxylation is 1. The molecular formula is C23H26N4O4S. The fourth-order valence-corrected chi connectivity index (χ4v) is 4.89. The van der Waals surface area contributed by atoms with Crippen molar-refractivity contribution < 1.29 is 18.3 Å². The fourth-order valence-electron chi connectivity index (χ4n) is 3.84. The largest absolute Gasteiger partial charge is 0.478 e. The number of fused-ring (bicyclic) bond motifs is 1. The van der Waals surface area contributed by atoms with Crippen molar-refractivity contribution in [1.29, 1.82) is 0 Å². The van der Waals surface area contributed by atoms with Crippen LogP contribution in [-0.2, 0) is 10.0 Å². The summed E-state index contributed by atoms with van der Waals surface area (Å²) in [4.78, 5) is 21.2. The smallest absolute Gasteiger partial charge is 0.336 e. The number of carboxylic acids is 1. The van der Waals surface area contributed by atoms with Gasteiger partial charge in [-0.05, 0) is 49.9 Å². The Morgan fingerprint density at radius 1 is 1.06 bits per heavy atom. The molecule has 4 rings (SSSR count). The topological polar surface area (TPSA) is 103 Å². The second-order valence-electron chi connectivity index (χ2n) is 7.90. The number of piperazine rings is 1. The van der Waals surface area contributed by atoms with E-state index in [0.29, 0.717) is 16.7 Å². The van der Waals surface area contributed by atoms with Gasteiger partial charge in [-0.1, -0.05) is 24.6 Å². The van der Waals surface area contributed by atoms with Crippen molar-refractivity contribution in [3.05, 3.63) is 59.7 Å². The van der Waals surface area contributed by atoms with E-state index in [1.807, 2.05) is 6.92 Å². The molecule has 0 bridgehead atoms. The Kier molecular flexibility index (Phi) is 6.03. The molecule has 2 N–H and O–H groups in total. The van der Waals surface area contributed by atoms with Crippen molar-refractivity contribution in [1.82, 2.24) is 9.88 Å². The molecule has 1 saturated heterocycles. The van der Waals surface area contributed by atoms with Crippen molar-refractivity contribution in [2.45, 2.75) is 18.7 Å². The molecule has 0 spiro atoms. The lowest BCUT2D eigenvalue weighted by Gasteiger charge is -2.35. The second kappa shape index (κ2) is 8.76. The van der Waals surface area contributed by atoms with Gasteiger partial charge >= 0.3 is 5.97 Å². The second-order valence-corrected chi connectivity index (χ2v) is 9.59. The van der Waals surface area contributed by atoms with E-state index in [2.05, 4.69) is 26.4 Å². The number of sulfonamides is 1. The number of aromatic carboxylic acids is 1. The standard InChI is InChI=1S/C23H26N4O4S/c1-3-26-10-12-27(13-11-26)22-15-20(23(28)29)19-14-17(6-9-21(19)24-22)25-32(30,31)18-7-4-16(2)5-8-18/h4-9,14-15,25H,3,10-13H2,1-2H3,(H,28,29). The number of nitrogens with zero attached hydrogens (tertiary/aromatic N) is 3. The first-order valence-corrected chi connectivity index (χ1v) is 12.0. The summed E-state index contributed by atoms with van der Waals surface area (Å²) < 4.78 is 28.0. The SMILES string of the molecule is CCN1CCN(c2cc(C(=O)O)c3cc(NS(=O)(=O)c4ccc(C)cc4)ccc3n2)CC1. The van der Waals surface area contributed by atoms with E-state index in [9.17, 15) is 18.3 Å². The van der Waals surface area contributed by atoms with Crippen LogP contribution in [0.15, 0.2) is 53.4 Å². The first-order chi connectivity index (χ1) is 15.3. The van der Waals surface area contributed by atoms with E-state index in [1.54, 1.807) is 30.3 Å². The number of anilines is 2. The minimum atomic E-state index is -3.80. The summed E-state index contributed by atoms with van der Waals surface area (Å²) in [5, 5.41) is 10.2. The highest BCUT2D eigenvalue weighted by Gasteiger charge is 2.21. The van der Waals surface area contributed by atoms with Gasteiger partial charge < -0.3 is 14.9 Å². The van der Waals surface area contributed by atoms with Crippen LogP contribution < -0.4 is 9.62 Å². The van der Waals surface area contributed by atoms with Crippen molar-refractivity contribution in [2.24, 2.45) is 0 Å². The molecule has 3 aromatic rings. The first-order valence-electron chi connectivity index (χ1n) is 10.5. The Bertz CT molecular complexity index is 1250. The summed E-state index contributed by atoms with van der Waals surface area (Å²) in [7, 11) is -3.80. The van der Waals surface area contributed by atoms with E-state index in [-0.39, 0.29) is 16.1 Å². The number of aromatic nitrogens is 1. The third-order valence-corrected chi connectivity index (χ3v) is 7.15. The molecule has 0 amide bonds. The van der Waals surface area contributed by atoms with Crippen molar-refractivity contribution >= 4 is 38.4 Å². The van der Waals surface area contributed by atoms with Crippen LogP contribution in [0.4, 0.5) is 11.5 Å². The molecule has 0 saturated carbocycles. The molecule has 9 heteroatoms. The van der Waals surface area contributed by atoms with Crippen LogP contribution in [0.25, 0.3) is 10.9 Å². The molecule has 1 aliphatic rings. The highest BCUT2D eigenvalue weighted by Crippen LogP contribution is 2.28. The van der Waals surface area contributed by atoms with Gasteiger partial charge in [0.15, 0.2) is 0 Å². The lowest BCUT2D eigenvalue weighted by atomic mass is 10.1. The Morgan fingerprint density at radius 3 is 2.38 bits per heavy atom. The van der Waals surface area contributed by atoms with Crippen LogP contribution in [0.1, 0.15) is 22.8 Å². The average Bonchev–Trinajstić information content (AvgIpc) is 2.78. The molecule has 2 aromatic carbocycles. The summed E-state index contributed by atoms with van der Waals surface area (Å²) in [6.07, 6.45) is 0. The molecule has 0 unspecified atom stereocenters. The van der Waals surface area contributed by atoms with Crippen LogP contribution in [0.3, 0.4) is 0 Å². The molecule has 1 fully saturated rings. The monoisotopic (exact) mass is 454 g/mol. The number of nitrogens with one attached hydrogen (secondary N) is 1. The van der Waals surface area contributed by atoms with Crippen LogP contribution in [0, 0.1) is 6.92 Å². The molecule has 0 radical (unpaired) electrons. The van der Waals surface area contributed by atoms with Gasteiger partial charge in [0.1, 0.15) is 5.82 Å².